The fraction of sp³-hybridized carbons (Fsp3) is 0.421. The molecule has 8 heteroatoms. The summed E-state index contributed by atoms with van der Waals surface area (Å²) >= 11 is 1.36. The number of methoxy groups -OCH3 is 1. The van der Waals surface area contributed by atoms with Crippen molar-refractivity contribution in [2.24, 2.45) is 0 Å². The first-order valence-corrected chi connectivity index (χ1v) is 9.65. The van der Waals surface area contributed by atoms with Gasteiger partial charge in [-0.15, -0.1) is 11.3 Å². The highest BCUT2D eigenvalue weighted by Gasteiger charge is 2.21. The van der Waals surface area contributed by atoms with Crippen molar-refractivity contribution < 1.29 is 14.3 Å². The van der Waals surface area contributed by atoms with Crippen LogP contribution in [-0.4, -0.2) is 41.0 Å². The molecule has 3 amide bonds. The molecular weight excluding hydrogens is 364 g/mol. The van der Waals surface area contributed by atoms with E-state index in [1.807, 2.05) is 39.8 Å². The summed E-state index contributed by atoms with van der Waals surface area (Å²) in [4.78, 5) is 30.9. The highest BCUT2D eigenvalue weighted by atomic mass is 32.1. The molecule has 0 unspecified atom stereocenters. The molecule has 0 atom stereocenters. The van der Waals surface area contributed by atoms with E-state index in [1.165, 1.54) is 11.3 Å². The van der Waals surface area contributed by atoms with Gasteiger partial charge in [0.2, 0.25) is 0 Å². The number of para-hydroxylation sites is 2. The number of urea groups is 1. The Kier molecular flexibility index (Phi) is 7.18. The maximum Gasteiger partial charge on any atom is 0.322 e. The van der Waals surface area contributed by atoms with Gasteiger partial charge in [0.05, 0.1) is 19.3 Å². The van der Waals surface area contributed by atoms with E-state index < -0.39 is 0 Å². The summed E-state index contributed by atoms with van der Waals surface area (Å²) in [7, 11) is 1.56. The average Bonchev–Trinajstić information content (AvgIpc) is 3.08. The minimum absolute atomic E-state index is 0.0430. The molecule has 0 radical (unpaired) electrons. The van der Waals surface area contributed by atoms with Crippen LogP contribution in [0.5, 0.6) is 5.75 Å². The van der Waals surface area contributed by atoms with Gasteiger partial charge in [-0.2, -0.15) is 0 Å². The number of ether oxygens (including phenoxy) is 1. The van der Waals surface area contributed by atoms with Gasteiger partial charge in [0.1, 0.15) is 16.5 Å². The van der Waals surface area contributed by atoms with E-state index in [0.717, 1.165) is 0 Å². The maximum atomic E-state index is 12.8. The van der Waals surface area contributed by atoms with Crippen molar-refractivity contribution in [2.45, 2.75) is 46.3 Å². The van der Waals surface area contributed by atoms with E-state index in [9.17, 15) is 9.59 Å². The van der Waals surface area contributed by atoms with Crippen LogP contribution in [0, 0.1) is 0 Å². The minimum atomic E-state index is -0.252. The molecule has 1 aromatic carbocycles. The largest absolute Gasteiger partial charge is 0.495 e. The number of amides is 3. The molecule has 1 heterocycles. The third-order valence-electron chi connectivity index (χ3n) is 3.74. The highest BCUT2D eigenvalue weighted by molar-refractivity contribution is 7.09. The van der Waals surface area contributed by atoms with Crippen LogP contribution in [0.4, 0.5) is 10.5 Å². The molecule has 2 rings (SSSR count). The van der Waals surface area contributed by atoms with Gasteiger partial charge in [-0.1, -0.05) is 12.1 Å². The Morgan fingerprint density at radius 3 is 2.56 bits per heavy atom. The summed E-state index contributed by atoms with van der Waals surface area (Å²) < 4.78 is 5.28. The van der Waals surface area contributed by atoms with Crippen LogP contribution < -0.4 is 15.4 Å². The molecule has 0 aliphatic carbocycles. The van der Waals surface area contributed by atoms with Crippen LogP contribution >= 0.6 is 11.3 Å². The Labute approximate surface area is 163 Å². The van der Waals surface area contributed by atoms with Crippen molar-refractivity contribution >= 4 is 29.0 Å². The molecule has 0 aliphatic rings. The van der Waals surface area contributed by atoms with Gasteiger partial charge in [0.15, 0.2) is 0 Å². The third-order valence-corrected chi connectivity index (χ3v) is 4.58. The monoisotopic (exact) mass is 390 g/mol. The molecule has 27 heavy (non-hydrogen) atoms. The molecule has 0 saturated carbocycles. The van der Waals surface area contributed by atoms with Crippen molar-refractivity contribution in [2.75, 3.05) is 12.4 Å². The number of aromatic nitrogens is 1. The molecule has 0 aliphatic heterocycles. The lowest BCUT2D eigenvalue weighted by Crippen LogP contribution is -2.39. The number of rotatable bonds is 7. The molecule has 7 nitrogen and oxygen atoms in total. The van der Waals surface area contributed by atoms with Gasteiger partial charge >= 0.3 is 6.03 Å². The molecule has 0 saturated heterocycles. The number of nitrogens with zero attached hydrogens (tertiary/aromatic N) is 2. The second kappa shape index (κ2) is 9.36. The predicted molar refractivity (Wildman–Crippen MR) is 107 cm³/mol. The summed E-state index contributed by atoms with van der Waals surface area (Å²) in [6.07, 6.45) is 0. The Hall–Kier alpha value is -2.61. The molecule has 1 aromatic heterocycles. The van der Waals surface area contributed by atoms with Gasteiger partial charge < -0.3 is 20.3 Å². The molecule has 0 bridgehead atoms. The predicted octanol–water partition coefficient (Wildman–Crippen LogP) is 3.73. The summed E-state index contributed by atoms with van der Waals surface area (Å²) in [6, 6.07) is 6.99. The lowest BCUT2D eigenvalue weighted by atomic mass is 10.3. The maximum absolute atomic E-state index is 12.8. The lowest BCUT2D eigenvalue weighted by molar-refractivity contribution is 0.0938. The first kappa shape index (κ1) is 20.7. The van der Waals surface area contributed by atoms with Gasteiger partial charge in [0.25, 0.3) is 5.91 Å². The van der Waals surface area contributed by atoms with Crippen LogP contribution in [0.1, 0.15) is 43.2 Å². The third kappa shape index (κ3) is 5.68. The zero-order chi connectivity index (χ0) is 20.0. The molecule has 2 N–H and O–H groups in total. The molecule has 0 spiro atoms. The summed E-state index contributed by atoms with van der Waals surface area (Å²) in [5.41, 5.74) is 0.976. The average molecular weight is 391 g/mol. The standard InChI is InChI=1S/C19H26N4O3S/c1-12(2)20-18(24)15-11-27-17(21-15)10-23(13(3)4)19(25)22-14-8-6-7-9-16(14)26-5/h6-9,11-13H,10H2,1-5H3,(H,20,24)(H,22,25). The number of carbonyl (C=O) groups is 2. The van der Waals surface area contributed by atoms with Crippen molar-refractivity contribution in [1.29, 1.82) is 0 Å². The zero-order valence-electron chi connectivity index (χ0n) is 16.3. The van der Waals surface area contributed by atoms with E-state index in [2.05, 4.69) is 15.6 Å². The van der Waals surface area contributed by atoms with E-state index in [0.29, 0.717) is 28.7 Å². The quantitative estimate of drug-likeness (QED) is 0.754. The Morgan fingerprint density at radius 2 is 1.93 bits per heavy atom. The van der Waals surface area contributed by atoms with Crippen LogP contribution in [0.3, 0.4) is 0 Å². The molecule has 2 aromatic rings. The SMILES string of the molecule is COc1ccccc1NC(=O)N(Cc1nc(C(=O)NC(C)C)cs1)C(C)C. The zero-order valence-corrected chi connectivity index (χ0v) is 17.1. The van der Waals surface area contributed by atoms with Crippen LogP contribution in [0.25, 0.3) is 0 Å². The number of hydrogen-bond donors (Lipinski definition) is 2. The fourth-order valence-corrected chi connectivity index (χ4v) is 3.17. The molecular formula is C19H26N4O3S. The Bertz CT molecular complexity index is 789. The van der Waals surface area contributed by atoms with E-state index in [-0.39, 0.29) is 24.0 Å². The second-order valence-electron chi connectivity index (χ2n) is 6.61. The van der Waals surface area contributed by atoms with Gasteiger partial charge in [-0.3, -0.25) is 4.79 Å². The summed E-state index contributed by atoms with van der Waals surface area (Å²) in [5, 5.41) is 8.11. The van der Waals surface area contributed by atoms with E-state index >= 15 is 0 Å². The van der Waals surface area contributed by atoms with E-state index in [4.69, 9.17) is 4.74 Å². The van der Waals surface area contributed by atoms with Crippen molar-refractivity contribution in [3.8, 4) is 5.75 Å². The van der Waals surface area contributed by atoms with Crippen molar-refractivity contribution in [3.05, 3.63) is 40.3 Å². The lowest BCUT2D eigenvalue weighted by Gasteiger charge is -2.26. The second-order valence-corrected chi connectivity index (χ2v) is 7.55. The number of carbonyl (C=O) groups excluding carboxylic acids is 2. The molecule has 146 valence electrons. The number of nitrogens with one attached hydrogen (secondary N) is 2. The van der Waals surface area contributed by atoms with Crippen molar-refractivity contribution in [3.63, 3.8) is 0 Å². The van der Waals surface area contributed by atoms with Crippen LogP contribution in [-0.2, 0) is 6.54 Å². The number of benzene rings is 1. The first-order chi connectivity index (χ1) is 12.8. The van der Waals surface area contributed by atoms with Crippen LogP contribution in [0.2, 0.25) is 0 Å². The number of hydrogen-bond acceptors (Lipinski definition) is 5. The first-order valence-electron chi connectivity index (χ1n) is 8.77. The summed E-state index contributed by atoms with van der Waals surface area (Å²) in [6.45, 7) is 7.98. The van der Waals surface area contributed by atoms with Crippen molar-refractivity contribution in [1.82, 2.24) is 15.2 Å². The number of anilines is 1. The number of thiazole rings is 1. The minimum Gasteiger partial charge on any atom is -0.495 e. The Morgan fingerprint density at radius 1 is 1.22 bits per heavy atom. The summed E-state index contributed by atoms with van der Waals surface area (Å²) in [5.74, 6) is 0.388. The van der Waals surface area contributed by atoms with Gasteiger partial charge in [0, 0.05) is 17.5 Å². The van der Waals surface area contributed by atoms with Gasteiger partial charge in [-0.25, -0.2) is 9.78 Å². The van der Waals surface area contributed by atoms with Gasteiger partial charge in [-0.05, 0) is 39.8 Å². The smallest absolute Gasteiger partial charge is 0.322 e. The van der Waals surface area contributed by atoms with Crippen LogP contribution in [0.15, 0.2) is 29.6 Å². The topological polar surface area (TPSA) is 83.6 Å². The fourth-order valence-electron chi connectivity index (χ4n) is 2.39. The molecule has 0 fully saturated rings. The highest BCUT2D eigenvalue weighted by Crippen LogP contribution is 2.24. The van der Waals surface area contributed by atoms with E-state index in [1.54, 1.807) is 29.5 Å². The normalized spacial score (nSPS) is 10.8. The Balaban J connectivity index is 2.10.